The average molecular weight is 571 g/mol. The highest BCUT2D eigenvalue weighted by Crippen LogP contribution is 2.39. The largest absolute Gasteiger partial charge is 0.459 e. The molecule has 0 unspecified atom stereocenters. The van der Waals surface area contributed by atoms with E-state index < -0.39 is 30.4 Å². The third-order valence-corrected chi connectivity index (χ3v) is 7.76. The van der Waals surface area contributed by atoms with Crippen LogP contribution in [0.25, 0.3) is 27.9 Å². The van der Waals surface area contributed by atoms with E-state index in [0.29, 0.717) is 17.5 Å². The van der Waals surface area contributed by atoms with Crippen molar-refractivity contribution in [1.29, 1.82) is 5.26 Å². The van der Waals surface area contributed by atoms with Gasteiger partial charge in [0.25, 0.3) is 0 Å². The van der Waals surface area contributed by atoms with Gasteiger partial charge in [0.15, 0.2) is 0 Å². The fourth-order valence-corrected chi connectivity index (χ4v) is 5.53. The van der Waals surface area contributed by atoms with E-state index in [9.17, 15) is 9.59 Å². The average Bonchev–Trinajstić information content (AvgIpc) is 3.57. The van der Waals surface area contributed by atoms with E-state index in [0.717, 1.165) is 38.5 Å². The first-order valence-electron chi connectivity index (χ1n) is 14.2. The molecule has 43 heavy (non-hydrogen) atoms. The van der Waals surface area contributed by atoms with Gasteiger partial charge in [0.1, 0.15) is 25.0 Å². The van der Waals surface area contributed by atoms with Crippen molar-refractivity contribution in [3.05, 3.63) is 125 Å². The number of carbonyl (C=O) groups is 2. The molecular formula is C36H30N2O5. The lowest BCUT2D eigenvalue weighted by Crippen LogP contribution is -2.32. The van der Waals surface area contributed by atoms with Crippen molar-refractivity contribution in [2.45, 2.75) is 38.7 Å². The molecule has 6 rings (SSSR count). The predicted octanol–water partition coefficient (Wildman–Crippen LogP) is 7.32. The minimum absolute atomic E-state index is 0.0741. The second-order valence-corrected chi connectivity index (χ2v) is 10.8. The first-order chi connectivity index (χ1) is 20.9. The third-order valence-electron chi connectivity index (χ3n) is 7.76. The summed E-state index contributed by atoms with van der Waals surface area (Å²) in [6.07, 6.45) is 1.78. The lowest BCUT2D eigenvalue weighted by atomic mass is 10.1. The van der Waals surface area contributed by atoms with Gasteiger partial charge in [-0.2, -0.15) is 5.26 Å². The van der Waals surface area contributed by atoms with Gasteiger partial charge in [-0.15, -0.1) is 0 Å². The quantitative estimate of drug-likeness (QED) is 0.150. The summed E-state index contributed by atoms with van der Waals surface area (Å²) >= 11 is 0. The van der Waals surface area contributed by atoms with Crippen LogP contribution < -0.4 is 0 Å². The number of allylic oxidation sites excluding steroid dienone is 1. The Morgan fingerprint density at radius 1 is 0.884 bits per heavy atom. The van der Waals surface area contributed by atoms with Crippen molar-refractivity contribution in [2.75, 3.05) is 6.61 Å². The zero-order valence-electron chi connectivity index (χ0n) is 23.9. The number of aryl methyl sites for hydroxylation is 2. The van der Waals surface area contributed by atoms with Crippen molar-refractivity contribution in [3.8, 4) is 6.07 Å². The van der Waals surface area contributed by atoms with Gasteiger partial charge in [0.05, 0.1) is 28.2 Å². The molecule has 1 aromatic heterocycles. The van der Waals surface area contributed by atoms with Crippen LogP contribution in [0.1, 0.15) is 50.1 Å². The molecule has 1 fully saturated rings. The monoisotopic (exact) mass is 570 g/mol. The topological polar surface area (TPSA) is 90.6 Å². The number of nitriles is 1. The lowest BCUT2D eigenvalue weighted by molar-refractivity contribution is -0.0552. The highest BCUT2D eigenvalue weighted by Gasteiger charge is 2.41. The molecule has 1 aliphatic heterocycles. The van der Waals surface area contributed by atoms with E-state index >= 15 is 0 Å². The van der Waals surface area contributed by atoms with Crippen molar-refractivity contribution < 1.29 is 23.8 Å². The summed E-state index contributed by atoms with van der Waals surface area (Å²) in [5.74, 6) is -0.925. The smallest absolute Gasteiger partial charge is 0.338 e. The van der Waals surface area contributed by atoms with E-state index in [-0.39, 0.29) is 6.61 Å². The molecule has 0 aliphatic carbocycles. The molecule has 0 amide bonds. The molecule has 0 N–H and O–H groups in total. The highest BCUT2D eigenvalue weighted by molar-refractivity contribution is 6.08. The Hall–Kier alpha value is -5.19. The number of ether oxygens (including phenoxy) is 3. The molecule has 214 valence electrons. The summed E-state index contributed by atoms with van der Waals surface area (Å²) in [6.45, 7) is 3.83. The van der Waals surface area contributed by atoms with Gasteiger partial charge in [-0.3, -0.25) is 0 Å². The summed E-state index contributed by atoms with van der Waals surface area (Å²) in [5.41, 5.74) is 5.79. The van der Waals surface area contributed by atoms with Gasteiger partial charge in [0.2, 0.25) is 0 Å². The molecule has 7 nitrogen and oxygen atoms in total. The fourth-order valence-electron chi connectivity index (χ4n) is 5.53. The van der Waals surface area contributed by atoms with E-state index in [1.54, 1.807) is 30.3 Å². The molecule has 0 spiro atoms. The number of para-hydroxylation sites is 1. The number of aromatic nitrogens is 1. The van der Waals surface area contributed by atoms with E-state index in [4.69, 9.17) is 19.5 Å². The number of esters is 2. The van der Waals surface area contributed by atoms with Crippen LogP contribution in [0.3, 0.4) is 0 Å². The Morgan fingerprint density at radius 3 is 2.23 bits per heavy atom. The number of hydrogen-bond acceptors (Lipinski definition) is 6. The van der Waals surface area contributed by atoms with Crippen LogP contribution in [0.2, 0.25) is 0 Å². The van der Waals surface area contributed by atoms with Gasteiger partial charge in [-0.05, 0) is 68.0 Å². The van der Waals surface area contributed by atoms with Crippen LogP contribution >= 0.6 is 0 Å². The molecule has 1 aliphatic rings. The minimum atomic E-state index is -0.678. The van der Waals surface area contributed by atoms with Crippen LogP contribution in [0.15, 0.2) is 97.1 Å². The third kappa shape index (κ3) is 5.78. The zero-order chi connectivity index (χ0) is 29.9. The fraction of sp³-hybridized carbons (Fsp3) is 0.194. The van der Waals surface area contributed by atoms with Gasteiger partial charge in [0, 0.05) is 23.3 Å². The predicted molar refractivity (Wildman–Crippen MR) is 164 cm³/mol. The van der Waals surface area contributed by atoms with Gasteiger partial charge >= 0.3 is 11.9 Å². The Balaban J connectivity index is 1.32. The molecule has 4 aromatic carbocycles. The van der Waals surface area contributed by atoms with Crippen LogP contribution in [0, 0.1) is 25.2 Å². The SMILES string of the molecule is Cc1ccc(C(=O)OC[C@H]2O[C@@H](n3c4ccccc4c4cc(/C=C/C#N)ccc43)C[C@@H]2OC(=O)c2ccc(C)cc2)cc1. The Bertz CT molecular complexity index is 1880. The second-order valence-electron chi connectivity index (χ2n) is 10.8. The van der Waals surface area contributed by atoms with Crippen LogP contribution in [-0.2, 0) is 14.2 Å². The summed E-state index contributed by atoms with van der Waals surface area (Å²) in [5, 5.41) is 11.0. The molecule has 0 radical (unpaired) electrons. The highest BCUT2D eigenvalue weighted by atomic mass is 16.6. The Morgan fingerprint density at radius 2 is 1.53 bits per heavy atom. The van der Waals surface area contributed by atoms with Crippen molar-refractivity contribution >= 4 is 39.8 Å². The first kappa shape index (κ1) is 28.0. The number of benzene rings is 4. The van der Waals surface area contributed by atoms with Gasteiger partial charge in [-0.1, -0.05) is 59.7 Å². The van der Waals surface area contributed by atoms with Crippen molar-refractivity contribution in [3.63, 3.8) is 0 Å². The molecule has 7 heteroatoms. The maximum atomic E-state index is 13.2. The standard InChI is InChI=1S/C36H30N2O5/c1-23-9-14-26(15-10-23)35(39)41-22-33-32(43-36(40)27-16-11-24(2)12-17-27)21-34(42-33)38-30-8-4-3-7-28(30)29-20-25(6-5-19-37)13-18-31(29)38/h3-18,20,32-34H,21-22H2,1-2H3/b6-5+/t32-,33+,34+/m0/s1. The first-order valence-corrected chi connectivity index (χ1v) is 14.2. The molecule has 2 heterocycles. The van der Waals surface area contributed by atoms with Gasteiger partial charge in [-0.25, -0.2) is 9.59 Å². The lowest BCUT2D eigenvalue weighted by Gasteiger charge is -2.19. The summed E-state index contributed by atoms with van der Waals surface area (Å²) in [7, 11) is 0. The number of carbonyl (C=O) groups excluding carboxylic acids is 2. The number of rotatable bonds is 7. The Kier molecular flexibility index (Phi) is 7.78. The zero-order valence-corrected chi connectivity index (χ0v) is 23.9. The molecule has 0 saturated carbocycles. The number of hydrogen-bond donors (Lipinski definition) is 0. The molecule has 3 atom stereocenters. The second kappa shape index (κ2) is 12.0. The molecular weight excluding hydrogens is 540 g/mol. The Labute approximate surface area is 249 Å². The van der Waals surface area contributed by atoms with Crippen LogP contribution in [0.4, 0.5) is 0 Å². The van der Waals surface area contributed by atoms with E-state index in [1.165, 1.54) is 6.08 Å². The number of nitrogens with zero attached hydrogens (tertiary/aromatic N) is 2. The van der Waals surface area contributed by atoms with E-state index in [1.807, 2.05) is 80.6 Å². The molecule has 0 bridgehead atoms. The summed E-state index contributed by atoms with van der Waals surface area (Å²) in [4.78, 5) is 26.0. The summed E-state index contributed by atoms with van der Waals surface area (Å²) < 4.78 is 20.3. The minimum Gasteiger partial charge on any atom is -0.459 e. The maximum Gasteiger partial charge on any atom is 0.338 e. The molecule has 1 saturated heterocycles. The summed E-state index contributed by atoms with van der Waals surface area (Å²) in [6, 6.07) is 30.5. The van der Waals surface area contributed by atoms with Crippen molar-refractivity contribution in [2.24, 2.45) is 0 Å². The normalized spacial score (nSPS) is 18.2. The molecule has 5 aromatic rings. The van der Waals surface area contributed by atoms with E-state index in [2.05, 4.69) is 10.6 Å². The van der Waals surface area contributed by atoms with Crippen LogP contribution in [0.5, 0.6) is 0 Å². The van der Waals surface area contributed by atoms with Gasteiger partial charge < -0.3 is 18.8 Å². The maximum absolute atomic E-state index is 13.2. The van der Waals surface area contributed by atoms with Crippen LogP contribution in [-0.4, -0.2) is 35.3 Å². The van der Waals surface area contributed by atoms with Crippen molar-refractivity contribution in [1.82, 2.24) is 4.57 Å². The number of fused-ring (bicyclic) bond motifs is 3.